The number of methoxy groups -OCH3 is 2. The molecule has 2 rings (SSSR count). The molecule has 1 saturated carbocycles. The van der Waals surface area contributed by atoms with Crippen LogP contribution in [0.3, 0.4) is 0 Å². The number of hydrogen-bond donors (Lipinski definition) is 0. The summed E-state index contributed by atoms with van der Waals surface area (Å²) in [4.78, 5) is 36.9. The van der Waals surface area contributed by atoms with E-state index < -0.39 is 23.3 Å². The van der Waals surface area contributed by atoms with Gasteiger partial charge < -0.3 is 14.2 Å². The Kier molecular flexibility index (Phi) is 5.97. The van der Waals surface area contributed by atoms with Gasteiger partial charge in [0.05, 0.1) is 19.8 Å². The van der Waals surface area contributed by atoms with Crippen molar-refractivity contribution in [1.29, 1.82) is 0 Å². The van der Waals surface area contributed by atoms with Gasteiger partial charge in [-0.05, 0) is 43.5 Å². The fraction of sp³-hybridized carbons (Fsp3) is 0.350. The highest BCUT2D eigenvalue weighted by molar-refractivity contribution is 6.02. The molecule has 1 aromatic carbocycles. The summed E-state index contributed by atoms with van der Waals surface area (Å²) in [5.74, 6) is -1.48. The summed E-state index contributed by atoms with van der Waals surface area (Å²) >= 11 is 0. The minimum Gasteiger partial charge on any atom is -0.468 e. The van der Waals surface area contributed by atoms with E-state index in [1.807, 2.05) is 0 Å². The van der Waals surface area contributed by atoms with Gasteiger partial charge in [0.15, 0.2) is 5.41 Å². The Morgan fingerprint density at radius 3 is 2.08 bits per heavy atom. The van der Waals surface area contributed by atoms with Crippen molar-refractivity contribution in [2.75, 3.05) is 14.2 Å². The van der Waals surface area contributed by atoms with E-state index >= 15 is 0 Å². The highest BCUT2D eigenvalue weighted by Crippen LogP contribution is 2.48. The van der Waals surface area contributed by atoms with Crippen molar-refractivity contribution < 1.29 is 28.6 Å². The van der Waals surface area contributed by atoms with E-state index in [0.29, 0.717) is 16.9 Å². The van der Waals surface area contributed by atoms with Gasteiger partial charge in [0.1, 0.15) is 5.76 Å². The molecule has 0 saturated heterocycles. The average molecular weight is 358 g/mol. The number of carbonyl (C=O) groups excluding carboxylic acids is 3. The zero-order valence-corrected chi connectivity index (χ0v) is 15.3. The van der Waals surface area contributed by atoms with Crippen LogP contribution in [0.2, 0.25) is 0 Å². The average Bonchev–Trinajstić information content (AvgIpc) is 3.08. The Morgan fingerprint density at radius 2 is 1.58 bits per heavy atom. The lowest BCUT2D eigenvalue weighted by Gasteiger charge is -2.21. The number of hydrogen-bond acceptors (Lipinski definition) is 6. The first-order chi connectivity index (χ1) is 12.4. The van der Waals surface area contributed by atoms with Gasteiger partial charge in [-0.2, -0.15) is 0 Å². The van der Waals surface area contributed by atoms with Gasteiger partial charge >= 0.3 is 17.9 Å². The van der Waals surface area contributed by atoms with Gasteiger partial charge in [0.2, 0.25) is 0 Å². The molecule has 1 aliphatic rings. The molecular formula is C20H22O6. The molecule has 0 radical (unpaired) electrons. The summed E-state index contributed by atoms with van der Waals surface area (Å²) in [5, 5.41) is 0. The first-order valence-corrected chi connectivity index (χ1v) is 8.19. The summed E-state index contributed by atoms with van der Waals surface area (Å²) < 4.78 is 15.1. The van der Waals surface area contributed by atoms with Crippen LogP contribution in [0.1, 0.15) is 37.0 Å². The largest absolute Gasteiger partial charge is 0.468 e. The van der Waals surface area contributed by atoms with Crippen molar-refractivity contribution in [2.24, 2.45) is 5.41 Å². The number of carbonyl (C=O) groups is 3. The Labute approximate surface area is 152 Å². The van der Waals surface area contributed by atoms with Crippen LogP contribution in [0.25, 0.3) is 0 Å². The lowest BCUT2D eigenvalue weighted by Crippen LogP contribution is -2.38. The fourth-order valence-electron chi connectivity index (χ4n) is 3.13. The van der Waals surface area contributed by atoms with Crippen molar-refractivity contribution in [3.63, 3.8) is 0 Å². The second kappa shape index (κ2) is 7.99. The maximum absolute atomic E-state index is 12.3. The van der Waals surface area contributed by atoms with Crippen molar-refractivity contribution >= 4 is 17.9 Å². The van der Waals surface area contributed by atoms with Crippen molar-refractivity contribution in [3.8, 4) is 0 Å². The van der Waals surface area contributed by atoms with Crippen LogP contribution >= 0.6 is 0 Å². The third-order valence-corrected chi connectivity index (χ3v) is 4.54. The lowest BCUT2D eigenvalue weighted by molar-refractivity contribution is -0.168. The molecular weight excluding hydrogens is 336 g/mol. The number of allylic oxidation sites excluding steroid dienone is 4. The molecule has 0 spiro atoms. The smallest absolute Gasteiger partial charge is 0.343 e. The fourth-order valence-corrected chi connectivity index (χ4v) is 3.13. The van der Waals surface area contributed by atoms with E-state index in [4.69, 9.17) is 14.2 Å². The number of esters is 3. The van der Waals surface area contributed by atoms with Crippen LogP contribution in [0.5, 0.6) is 0 Å². The van der Waals surface area contributed by atoms with E-state index in [1.165, 1.54) is 14.2 Å². The van der Waals surface area contributed by atoms with E-state index in [-0.39, 0.29) is 12.8 Å². The van der Waals surface area contributed by atoms with Crippen LogP contribution < -0.4 is 0 Å². The molecule has 0 atom stereocenters. The Balaban J connectivity index is 2.38. The number of benzene rings is 1. The molecule has 6 heteroatoms. The van der Waals surface area contributed by atoms with E-state index in [0.717, 1.165) is 5.57 Å². The van der Waals surface area contributed by atoms with Crippen LogP contribution in [0, 0.1) is 5.41 Å². The highest BCUT2D eigenvalue weighted by atomic mass is 16.5. The molecule has 1 fully saturated rings. The minimum absolute atomic E-state index is 0.0555. The minimum atomic E-state index is -1.46. The van der Waals surface area contributed by atoms with Gasteiger partial charge in [-0.1, -0.05) is 24.3 Å². The molecule has 6 nitrogen and oxygen atoms in total. The predicted molar refractivity (Wildman–Crippen MR) is 94.0 cm³/mol. The topological polar surface area (TPSA) is 78.9 Å². The first kappa shape index (κ1) is 19.4. The van der Waals surface area contributed by atoms with E-state index in [9.17, 15) is 14.4 Å². The van der Waals surface area contributed by atoms with Crippen LogP contribution in [0.4, 0.5) is 0 Å². The summed E-state index contributed by atoms with van der Waals surface area (Å²) in [5.41, 5.74) is 0.340. The number of rotatable bonds is 4. The van der Waals surface area contributed by atoms with Crippen LogP contribution in [-0.2, 0) is 23.8 Å². The third-order valence-electron chi connectivity index (χ3n) is 4.54. The Hall–Kier alpha value is -2.89. The Morgan fingerprint density at radius 1 is 1.00 bits per heavy atom. The van der Waals surface area contributed by atoms with Crippen molar-refractivity contribution in [3.05, 3.63) is 58.9 Å². The first-order valence-electron chi connectivity index (χ1n) is 8.19. The summed E-state index contributed by atoms with van der Waals surface area (Å²) in [6.07, 6.45) is 1.99. The van der Waals surface area contributed by atoms with Crippen LogP contribution in [0.15, 0.2) is 53.3 Å². The highest BCUT2D eigenvalue weighted by Gasteiger charge is 2.54. The molecule has 0 heterocycles. The second-order valence-electron chi connectivity index (χ2n) is 6.02. The zero-order chi connectivity index (χ0) is 19.3. The zero-order valence-electron chi connectivity index (χ0n) is 15.3. The number of ether oxygens (including phenoxy) is 3. The van der Waals surface area contributed by atoms with E-state index in [2.05, 4.69) is 0 Å². The van der Waals surface area contributed by atoms with E-state index in [1.54, 1.807) is 50.3 Å². The van der Waals surface area contributed by atoms with Gasteiger partial charge in [-0.25, -0.2) is 4.79 Å². The monoisotopic (exact) mass is 358 g/mol. The molecule has 0 aromatic heterocycles. The standard InChI is InChI=1S/C20H22O6/c1-5-14-11-20(18(22)24-3,19(23)25-4)12-16(14)13(2)26-17(21)15-9-7-6-8-10-15/h5-10H,11-12H2,1-4H3/b14-5+,16-13+. The van der Waals surface area contributed by atoms with Crippen LogP contribution in [-0.4, -0.2) is 32.1 Å². The van der Waals surface area contributed by atoms with Gasteiger partial charge in [0, 0.05) is 6.42 Å². The molecule has 0 N–H and O–H groups in total. The summed E-state index contributed by atoms with van der Waals surface area (Å²) in [6.45, 7) is 3.44. The molecule has 1 aromatic rings. The summed E-state index contributed by atoms with van der Waals surface area (Å²) in [6, 6.07) is 8.59. The molecule has 138 valence electrons. The molecule has 0 aliphatic heterocycles. The Bertz CT molecular complexity index is 757. The van der Waals surface area contributed by atoms with Gasteiger partial charge in [-0.15, -0.1) is 0 Å². The molecule has 1 aliphatic carbocycles. The second-order valence-corrected chi connectivity index (χ2v) is 6.02. The lowest BCUT2D eigenvalue weighted by atomic mass is 9.85. The molecule has 26 heavy (non-hydrogen) atoms. The van der Waals surface area contributed by atoms with Gasteiger partial charge in [-0.3, -0.25) is 9.59 Å². The summed E-state index contributed by atoms with van der Waals surface area (Å²) in [7, 11) is 2.46. The molecule has 0 unspecified atom stereocenters. The van der Waals surface area contributed by atoms with Crippen molar-refractivity contribution in [2.45, 2.75) is 26.7 Å². The predicted octanol–water partition coefficient (Wildman–Crippen LogP) is 3.19. The maximum atomic E-state index is 12.3. The van der Waals surface area contributed by atoms with Crippen molar-refractivity contribution in [1.82, 2.24) is 0 Å². The normalized spacial score (nSPS) is 19.0. The quantitative estimate of drug-likeness (QED) is 0.356. The molecule has 0 amide bonds. The maximum Gasteiger partial charge on any atom is 0.343 e. The third kappa shape index (κ3) is 3.54. The molecule has 0 bridgehead atoms. The SMILES string of the molecule is C/C=C1\CC(C(=O)OC)(C(=O)OC)C\C1=C(\C)OC(=O)c1ccccc1. The van der Waals surface area contributed by atoms with Gasteiger partial charge in [0.25, 0.3) is 0 Å².